The van der Waals surface area contributed by atoms with E-state index in [4.69, 9.17) is 0 Å². The van der Waals surface area contributed by atoms with Crippen molar-refractivity contribution in [2.75, 3.05) is 10.6 Å². The summed E-state index contributed by atoms with van der Waals surface area (Å²) in [5.74, 6) is -0.490. The van der Waals surface area contributed by atoms with Gasteiger partial charge in [-0.3, -0.25) is 14.4 Å². The van der Waals surface area contributed by atoms with Crippen molar-refractivity contribution >= 4 is 29.5 Å². The molecule has 0 saturated heterocycles. The molecule has 5 heteroatoms. The number of rotatable bonds is 3. The van der Waals surface area contributed by atoms with E-state index in [9.17, 15) is 14.4 Å². The molecule has 0 saturated carbocycles. The summed E-state index contributed by atoms with van der Waals surface area (Å²) < 4.78 is 0. The Bertz CT molecular complexity index is 441. The summed E-state index contributed by atoms with van der Waals surface area (Å²) in [4.78, 5) is 32.4. The first-order chi connectivity index (χ1) is 7.52. The lowest BCUT2D eigenvalue weighted by atomic mass is 10.1. The van der Waals surface area contributed by atoms with Gasteiger partial charge in [0.2, 0.25) is 11.8 Å². The summed E-state index contributed by atoms with van der Waals surface area (Å²) in [6.45, 7) is 2.73. The van der Waals surface area contributed by atoms with E-state index in [-0.39, 0.29) is 11.8 Å². The van der Waals surface area contributed by atoms with Crippen LogP contribution in [0.2, 0.25) is 0 Å². The van der Waals surface area contributed by atoms with Crippen LogP contribution in [0.4, 0.5) is 11.4 Å². The molecule has 1 aromatic carbocycles. The number of aldehydes is 1. The van der Waals surface area contributed by atoms with Gasteiger partial charge in [0.05, 0.1) is 5.69 Å². The van der Waals surface area contributed by atoms with Gasteiger partial charge in [-0.15, -0.1) is 0 Å². The molecule has 0 aliphatic carbocycles. The van der Waals surface area contributed by atoms with Gasteiger partial charge in [-0.2, -0.15) is 0 Å². The maximum atomic E-state index is 10.9. The number of carbonyl (C=O) groups excluding carboxylic acids is 3. The topological polar surface area (TPSA) is 75.3 Å². The van der Waals surface area contributed by atoms with Crippen molar-refractivity contribution < 1.29 is 14.4 Å². The van der Waals surface area contributed by atoms with Crippen LogP contribution >= 0.6 is 0 Å². The van der Waals surface area contributed by atoms with Crippen molar-refractivity contribution in [3.8, 4) is 0 Å². The van der Waals surface area contributed by atoms with Crippen molar-refractivity contribution in [3.63, 3.8) is 0 Å². The number of hydrogen-bond acceptors (Lipinski definition) is 3. The predicted octanol–water partition coefficient (Wildman–Crippen LogP) is 1.42. The molecule has 0 spiro atoms. The van der Waals surface area contributed by atoms with E-state index >= 15 is 0 Å². The first-order valence-corrected chi connectivity index (χ1v) is 4.67. The van der Waals surface area contributed by atoms with E-state index in [2.05, 4.69) is 10.6 Å². The lowest BCUT2D eigenvalue weighted by Crippen LogP contribution is -2.10. The fourth-order valence-electron chi connectivity index (χ4n) is 1.24. The van der Waals surface area contributed by atoms with Crippen molar-refractivity contribution in [1.82, 2.24) is 0 Å². The third-order valence-electron chi connectivity index (χ3n) is 1.81. The second kappa shape index (κ2) is 5.06. The van der Waals surface area contributed by atoms with Crippen LogP contribution < -0.4 is 10.6 Å². The molecule has 0 atom stereocenters. The van der Waals surface area contributed by atoms with Crippen molar-refractivity contribution in [2.24, 2.45) is 0 Å². The fourth-order valence-corrected chi connectivity index (χ4v) is 1.24. The summed E-state index contributed by atoms with van der Waals surface area (Å²) in [5.41, 5.74) is 1.28. The first-order valence-electron chi connectivity index (χ1n) is 4.67. The van der Waals surface area contributed by atoms with E-state index in [1.807, 2.05) is 0 Å². The zero-order valence-electron chi connectivity index (χ0n) is 9.03. The van der Waals surface area contributed by atoms with Crippen molar-refractivity contribution in [3.05, 3.63) is 23.8 Å². The van der Waals surface area contributed by atoms with Gasteiger partial charge in [-0.25, -0.2) is 0 Å². The number of nitrogens with one attached hydrogen (secondary N) is 2. The summed E-state index contributed by atoms with van der Waals surface area (Å²) in [7, 11) is 0. The Morgan fingerprint density at radius 1 is 1.12 bits per heavy atom. The third kappa shape index (κ3) is 3.20. The van der Waals surface area contributed by atoms with Gasteiger partial charge in [-0.05, 0) is 18.2 Å². The van der Waals surface area contributed by atoms with Crippen LogP contribution in [0.1, 0.15) is 24.2 Å². The molecule has 0 fully saturated rings. The van der Waals surface area contributed by atoms with Gasteiger partial charge in [-0.1, -0.05) is 0 Å². The number of carbonyl (C=O) groups is 3. The average Bonchev–Trinajstić information content (AvgIpc) is 2.16. The molecule has 0 aromatic heterocycles. The molecule has 16 heavy (non-hydrogen) atoms. The second-order valence-corrected chi connectivity index (χ2v) is 3.28. The lowest BCUT2D eigenvalue weighted by Gasteiger charge is -2.08. The smallest absolute Gasteiger partial charge is 0.221 e. The minimum Gasteiger partial charge on any atom is -0.326 e. The molecule has 2 amide bonds. The largest absolute Gasteiger partial charge is 0.326 e. The number of amides is 2. The Balaban J connectivity index is 3.05. The van der Waals surface area contributed by atoms with E-state index < -0.39 is 0 Å². The normalized spacial score (nSPS) is 9.38. The highest BCUT2D eigenvalue weighted by Gasteiger charge is 2.05. The average molecular weight is 220 g/mol. The highest BCUT2D eigenvalue weighted by atomic mass is 16.2. The first kappa shape index (κ1) is 11.9. The van der Waals surface area contributed by atoms with E-state index in [1.165, 1.54) is 26.0 Å². The molecule has 0 aliphatic heterocycles. The molecular weight excluding hydrogens is 208 g/mol. The number of anilines is 2. The molecule has 0 radical (unpaired) electrons. The van der Waals surface area contributed by atoms with Crippen LogP contribution in [0, 0.1) is 0 Å². The van der Waals surface area contributed by atoms with Gasteiger partial charge in [0.25, 0.3) is 0 Å². The highest BCUT2D eigenvalue weighted by Crippen LogP contribution is 2.19. The Kier molecular flexibility index (Phi) is 3.77. The molecule has 2 N–H and O–H groups in total. The van der Waals surface area contributed by atoms with Gasteiger partial charge >= 0.3 is 0 Å². The monoisotopic (exact) mass is 220 g/mol. The van der Waals surface area contributed by atoms with E-state index in [1.54, 1.807) is 6.07 Å². The summed E-state index contributed by atoms with van der Waals surface area (Å²) in [5, 5.41) is 5.08. The Hall–Kier alpha value is -2.17. The van der Waals surface area contributed by atoms with Gasteiger partial charge < -0.3 is 10.6 Å². The molecule has 0 bridgehead atoms. The molecule has 0 heterocycles. The standard InChI is InChI=1S/C11H12N2O3/c1-7(15)12-10-4-3-9(6-14)11(5-10)13-8(2)16/h3-6H,1-2H3,(H,12,15)(H,13,16). The zero-order chi connectivity index (χ0) is 12.1. The number of benzene rings is 1. The van der Waals surface area contributed by atoms with Gasteiger partial charge in [0.15, 0.2) is 6.29 Å². The number of hydrogen-bond donors (Lipinski definition) is 2. The van der Waals surface area contributed by atoms with Crippen LogP contribution in [-0.4, -0.2) is 18.1 Å². The van der Waals surface area contributed by atoms with Gasteiger partial charge in [0.1, 0.15) is 0 Å². The van der Waals surface area contributed by atoms with Crippen LogP contribution in [0.15, 0.2) is 18.2 Å². The maximum Gasteiger partial charge on any atom is 0.221 e. The molecule has 0 unspecified atom stereocenters. The Morgan fingerprint density at radius 3 is 2.25 bits per heavy atom. The van der Waals surface area contributed by atoms with Gasteiger partial charge in [0, 0.05) is 25.1 Å². The zero-order valence-corrected chi connectivity index (χ0v) is 9.03. The fraction of sp³-hybridized carbons (Fsp3) is 0.182. The summed E-state index contributed by atoms with van der Waals surface area (Å²) in [6.07, 6.45) is 0.642. The molecule has 1 rings (SSSR count). The second-order valence-electron chi connectivity index (χ2n) is 3.28. The predicted molar refractivity (Wildman–Crippen MR) is 60.4 cm³/mol. The summed E-state index contributed by atoms with van der Waals surface area (Å²) >= 11 is 0. The van der Waals surface area contributed by atoms with Crippen molar-refractivity contribution in [1.29, 1.82) is 0 Å². The minimum atomic E-state index is -0.275. The quantitative estimate of drug-likeness (QED) is 0.756. The lowest BCUT2D eigenvalue weighted by molar-refractivity contribution is -0.115. The highest BCUT2D eigenvalue weighted by molar-refractivity contribution is 5.97. The van der Waals surface area contributed by atoms with Crippen LogP contribution in [-0.2, 0) is 9.59 Å². The summed E-state index contributed by atoms with van der Waals surface area (Å²) in [6, 6.07) is 4.66. The molecule has 0 aliphatic rings. The molecular formula is C11H12N2O3. The SMILES string of the molecule is CC(=O)Nc1ccc(C=O)c(NC(C)=O)c1. The van der Waals surface area contributed by atoms with Crippen molar-refractivity contribution in [2.45, 2.75) is 13.8 Å². The molecule has 5 nitrogen and oxygen atoms in total. The van der Waals surface area contributed by atoms with E-state index in [0.717, 1.165) is 0 Å². The molecule has 84 valence electrons. The minimum absolute atomic E-state index is 0.215. The van der Waals surface area contributed by atoms with Crippen LogP contribution in [0.3, 0.4) is 0 Å². The Labute approximate surface area is 92.8 Å². The van der Waals surface area contributed by atoms with E-state index in [0.29, 0.717) is 23.2 Å². The third-order valence-corrected chi connectivity index (χ3v) is 1.81. The molecule has 1 aromatic rings. The van der Waals surface area contributed by atoms with Crippen LogP contribution in [0.25, 0.3) is 0 Å². The van der Waals surface area contributed by atoms with Crippen LogP contribution in [0.5, 0.6) is 0 Å². The Morgan fingerprint density at radius 2 is 1.75 bits per heavy atom. The maximum absolute atomic E-state index is 10.9.